The van der Waals surface area contributed by atoms with E-state index in [0.29, 0.717) is 30.4 Å². The Kier molecular flexibility index (Phi) is 4.35. The molecule has 146 valence electrons. The minimum absolute atomic E-state index is 0.00928. The van der Waals surface area contributed by atoms with Crippen molar-refractivity contribution in [2.75, 3.05) is 13.1 Å². The molecule has 0 aliphatic carbocycles. The van der Waals surface area contributed by atoms with E-state index < -0.39 is 0 Å². The van der Waals surface area contributed by atoms with Gasteiger partial charge in [0.15, 0.2) is 5.82 Å². The zero-order valence-corrected chi connectivity index (χ0v) is 15.6. The van der Waals surface area contributed by atoms with Gasteiger partial charge in [-0.2, -0.15) is 4.98 Å². The molecule has 6 nitrogen and oxygen atoms in total. The number of likely N-dealkylation sites (tertiary alicyclic amines) is 1. The monoisotopic (exact) mass is 390 g/mol. The average molecular weight is 390 g/mol. The van der Waals surface area contributed by atoms with E-state index in [4.69, 9.17) is 4.52 Å². The van der Waals surface area contributed by atoms with Crippen LogP contribution in [-0.4, -0.2) is 39.0 Å². The molecule has 1 aliphatic rings. The number of carbonyl (C=O) groups excluding carboxylic acids is 1. The third-order valence-corrected chi connectivity index (χ3v) is 5.37. The number of carbonyl (C=O) groups is 1. The van der Waals surface area contributed by atoms with Crippen molar-refractivity contribution in [3.8, 4) is 11.6 Å². The molecule has 5 rings (SSSR count). The maximum atomic E-state index is 13.1. The fourth-order valence-electron chi connectivity index (χ4n) is 3.85. The number of aromatic nitrogens is 3. The van der Waals surface area contributed by atoms with Crippen molar-refractivity contribution in [1.82, 2.24) is 20.0 Å². The van der Waals surface area contributed by atoms with Crippen LogP contribution in [0.1, 0.15) is 34.9 Å². The van der Waals surface area contributed by atoms with Gasteiger partial charge < -0.3 is 14.4 Å². The van der Waals surface area contributed by atoms with Crippen LogP contribution in [-0.2, 0) is 0 Å². The van der Waals surface area contributed by atoms with Crippen LogP contribution in [0.25, 0.3) is 22.5 Å². The largest absolute Gasteiger partial charge is 0.351 e. The zero-order chi connectivity index (χ0) is 19.8. The van der Waals surface area contributed by atoms with Gasteiger partial charge in [-0.05, 0) is 49.2 Å². The van der Waals surface area contributed by atoms with E-state index in [2.05, 4.69) is 15.1 Å². The highest BCUT2D eigenvalue weighted by molar-refractivity contribution is 5.94. The van der Waals surface area contributed by atoms with Crippen LogP contribution in [0, 0.1) is 5.82 Å². The third-order valence-electron chi connectivity index (χ3n) is 5.37. The summed E-state index contributed by atoms with van der Waals surface area (Å²) in [6.45, 7) is 1.18. The number of halogens is 1. The lowest BCUT2D eigenvalue weighted by Gasteiger charge is -2.31. The highest BCUT2D eigenvalue weighted by atomic mass is 19.1. The molecule has 0 spiro atoms. The third kappa shape index (κ3) is 3.40. The molecule has 0 saturated carbocycles. The summed E-state index contributed by atoms with van der Waals surface area (Å²) in [5, 5.41) is 5.25. The predicted molar refractivity (Wildman–Crippen MR) is 106 cm³/mol. The molecule has 3 heterocycles. The Morgan fingerprint density at radius 2 is 2.00 bits per heavy atom. The van der Waals surface area contributed by atoms with E-state index in [1.807, 2.05) is 30.3 Å². The molecule has 1 aliphatic heterocycles. The Morgan fingerprint density at radius 3 is 2.83 bits per heavy atom. The molecule has 0 radical (unpaired) electrons. The van der Waals surface area contributed by atoms with E-state index in [1.165, 1.54) is 24.3 Å². The summed E-state index contributed by atoms with van der Waals surface area (Å²) in [6.07, 6.45) is 1.74. The van der Waals surface area contributed by atoms with E-state index in [0.717, 1.165) is 29.4 Å². The van der Waals surface area contributed by atoms with Gasteiger partial charge >= 0.3 is 0 Å². The molecule has 4 aromatic rings. The molecular formula is C22H19FN4O2. The highest BCUT2D eigenvalue weighted by Crippen LogP contribution is 2.29. The van der Waals surface area contributed by atoms with Gasteiger partial charge in [0.05, 0.1) is 0 Å². The molecule has 1 N–H and O–H groups in total. The smallest absolute Gasteiger partial charge is 0.274 e. The maximum absolute atomic E-state index is 13.1. The molecule has 1 amide bonds. The molecule has 0 bridgehead atoms. The molecule has 1 fully saturated rings. The summed E-state index contributed by atoms with van der Waals surface area (Å²) in [5.41, 5.74) is 2.27. The fraction of sp³-hybridized carbons (Fsp3) is 0.227. The number of H-pyrrole nitrogens is 1. The summed E-state index contributed by atoms with van der Waals surface area (Å²) < 4.78 is 18.6. The number of rotatable bonds is 3. The maximum Gasteiger partial charge on any atom is 0.274 e. The van der Waals surface area contributed by atoms with Crippen molar-refractivity contribution in [3.63, 3.8) is 0 Å². The first-order valence-corrected chi connectivity index (χ1v) is 9.64. The van der Waals surface area contributed by atoms with Gasteiger partial charge in [0, 0.05) is 35.5 Å². The van der Waals surface area contributed by atoms with E-state index >= 15 is 0 Å². The number of amides is 1. The van der Waals surface area contributed by atoms with Gasteiger partial charge in [-0.25, -0.2) is 4.39 Å². The first-order valence-electron chi connectivity index (χ1n) is 9.64. The number of nitrogens with zero attached hydrogens (tertiary/aromatic N) is 3. The number of hydrogen-bond acceptors (Lipinski definition) is 4. The molecule has 2 aromatic carbocycles. The van der Waals surface area contributed by atoms with Crippen LogP contribution in [0.3, 0.4) is 0 Å². The SMILES string of the molecule is O=C(c1ccc(F)cc1)N1CCCC(c2noc(-c3cc4ccccc4[nH]3)n2)C1. The standard InChI is InChI=1S/C22H19FN4O2/c23-17-9-7-14(8-10-17)22(28)27-11-3-5-16(13-27)20-25-21(29-26-20)19-12-15-4-1-2-6-18(15)24-19/h1-2,4,6-10,12,16,24H,3,5,11,13H2. The summed E-state index contributed by atoms with van der Waals surface area (Å²) >= 11 is 0. The molecular weight excluding hydrogens is 371 g/mol. The zero-order valence-electron chi connectivity index (χ0n) is 15.6. The lowest BCUT2D eigenvalue weighted by atomic mass is 9.96. The topological polar surface area (TPSA) is 75.0 Å². The molecule has 1 saturated heterocycles. The summed E-state index contributed by atoms with van der Waals surface area (Å²) in [6, 6.07) is 15.6. The number of aromatic amines is 1. The van der Waals surface area contributed by atoms with Gasteiger partial charge in [0.2, 0.25) is 0 Å². The number of hydrogen-bond donors (Lipinski definition) is 1. The first kappa shape index (κ1) is 17.6. The quantitative estimate of drug-likeness (QED) is 0.563. The normalized spacial score (nSPS) is 17.0. The average Bonchev–Trinajstić information content (AvgIpc) is 3.41. The first-order chi connectivity index (χ1) is 14.2. The van der Waals surface area contributed by atoms with E-state index in [-0.39, 0.29) is 17.6 Å². The predicted octanol–water partition coefficient (Wildman–Crippen LogP) is 4.38. The van der Waals surface area contributed by atoms with Crippen molar-refractivity contribution in [2.24, 2.45) is 0 Å². The lowest BCUT2D eigenvalue weighted by Crippen LogP contribution is -2.39. The number of benzene rings is 2. The Morgan fingerprint density at radius 1 is 1.17 bits per heavy atom. The van der Waals surface area contributed by atoms with Gasteiger partial charge in [-0.15, -0.1) is 0 Å². The number of piperidine rings is 1. The van der Waals surface area contributed by atoms with Crippen LogP contribution < -0.4 is 0 Å². The van der Waals surface area contributed by atoms with Crippen LogP contribution in [0.5, 0.6) is 0 Å². The van der Waals surface area contributed by atoms with Crippen LogP contribution in [0.15, 0.2) is 59.1 Å². The summed E-state index contributed by atoms with van der Waals surface area (Å²) in [7, 11) is 0. The Labute approximate surface area is 166 Å². The van der Waals surface area contributed by atoms with Gasteiger partial charge in [0.25, 0.3) is 11.8 Å². The molecule has 7 heteroatoms. The lowest BCUT2D eigenvalue weighted by molar-refractivity contribution is 0.0703. The number of nitrogens with one attached hydrogen (secondary N) is 1. The van der Waals surface area contributed by atoms with Crippen molar-refractivity contribution >= 4 is 16.8 Å². The van der Waals surface area contributed by atoms with Gasteiger partial charge in [-0.3, -0.25) is 4.79 Å². The number of para-hydroxylation sites is 1. The van der Waals surface area contributed by atoms with Gasteiger partial charge in [-0.1, -0.05) is 23.4 Å². The number of fused-ring (bicyclic) bond motifs is 1. The van der Waals surface area contributed by atoms with Crippen molar-refractivity contribution in [3.05, 3.63) is 71.8 Å². The molecule has 29 heavy (non-hydrogen) atoms. The highest BCUT2D eigenvalue weighted by Gasteiger charge is 2.29. The fourth-order valence-corrected chi connectivity index (χ4v) is 3.85. The Hall–Kier alpha value is -3.48. The molecule has 1 unspecified atom stereocenters. The van der Waals surface area contributed by atoms with Crippen molar-refractivity contribution < 1.29 is 13.7 Å². The summed E-state index contributed by atoms with van der Waals surface area (Å²) in [5.74, 6) is 0.604. The van der Waals surface area contributed by atoms with Crippen LogP contribution >= 0.6 is 0 Å². The molecule has 2 aromatic heterocycles. The van der Waals surface area contributed by atoms with Crippen LogP contribution in [0.4, 0.5) is 4.39 Å². The van der Waals surface area contributed by atoms with E-state index in [9.17, 15) is 9.18 Å². The van der Waals surface area contributed by atoms with Crippen LogP contribution in [0.2, 0.25) is 0 Å². The second-order valence-corrected chi connectivity index (χ2v) is 7.33. The van der Waals surface area contributed by atoms with Crippen molar-refractivity contribution in [2.45, 2.75) is 18.8 Å². The Bertz CT molecular complexity index is 1130. The summed E-state index contributed by atoms with van der Waals surface area (Å²) in [4.78, 5) is 22.4. The minimum Gasteiger partial charge on any atom is -0.351 e. The minimum atomic E-state index is -0.352. The molecule has 1 atom stereocenters. The second-order valence-electron chi connectivity index (χ2n) is 7.33. The van der Waals surface area contributed by atoms with Crippen molar-refractivity contribution in [1.29, 1.82) is 0 Å². The second kappa shape index (κ2) is 7.16. The van der Waals surface area contributed by atoms with Gasteiger partial charge in [0.1, 0.15) is 11.5 Å². The van der Waals surface area contributed by atoms with E-state index in [1.54, 1.807) is 4.90 Å². The Balaban J connectivity index is 1.34.